The lowest BCUT2D eigenvalue weighted by molar-refractivity contribution is 0.954. The molecule has 0 aliphatic carbocycles. The third kappa shape index (κ3) is 3.43. The zero-order chi connectivity index (χ0) is 10.3. The molecule has 1 aromatic rings. The number of nitrogens with two attached hydrogens (primary N) is 1. The molecule has 0 heterocycles. The molecule has 1 heteroatoms. The minimum atomic E-state index is 0.740. The van der Waals surface area contributed by atoms with Gasteiger partial charge in [-0.15, -0.1) is 13.2 Å². The summed E-state index contributed by atoms with van der Waals surface area (Å²) >= 11 is 0. The Labute approximate surface area is 81.3 Å². The smallest absolute Gasteiger partial charge is 0.00366 e. The second-order valence-electron chi connectivity index (χ2n) is 2.90. The lowest BCUT2D eigenvalue weighted by Gasteiger charge is -2.05. The number of hydrogen-bond donors (Lipinski definition) is 1. The average molecular weight is 177 g/mol. The van der Waals surface area contributed by atoms with Gasteiger partial charge in [0.15, 0.2) is 0 Å². The molecule has 72 valence electrons. The first-order valence-electron chi connectivity index (χ1n) is 4.51. The zero-order valence-corrected chi connectivity index (χ0v) is 8.64. The molecule has 0 saturated heterocycles. The fourth-order valence-corrected chi connectivity index (χ4v) is 1.24. The van der Waals surface area contributed by atoms with E-state index in [4.69, 9.17) is 5.73 Å². The third-order valence-electron chi connectivity index (χ3n) is 2.13. The van der Waals surface area contributed by atoms with Gasteiger partial charge >= 0.3 is 0 Å². The predicted molar refractivity (Wildman–Crippen MR) is 59.9 cm³/mol. The molecule has 0 atom stereocenters. The maximum absolute atomic E-state index is 5.48. The number of hydrogen-bond acceptors (Lipinski definition) is 1. The normalized spacial score (nSPS) is 8.85. The Morgan fingerprint density at radius 1 is 1.23 bits per heavy atom. The van der Waals surface area contributed by atoms with E-state index >= 15 is 0 Å². The Bertz CT molecular complexity index is 253. The van der Waals surface area contributed by atoms with Crippen molar-refractivity contribution in [1.29, 1.82) is 0 Å². The van der Waals surface area contributed by atoms with Crippen LogP contribution in [0.4, 0.5) is 0 Å². The quantitative estimate of drug-likeness (QED) is 0.690. The van der Waals surface area contributed by atoms with Crippen molar-refractivity contribution in [2.24, 2.45) is 5.73 Å². The highest BCUT2D eigenvalue weighted by atomic mass is 14.5. The third-order valence-corrected chi connectivity index (χ3v) is 2.13. The highest BCUT2D eigenvalue weighted by Crippen LogP contribution is 2.12. The van der Waals surface area contributed by atoms with Crippen molar-refractivity contribution in [2.45, 2.75) is 20.3 Å². The van der Waals surface area contributed by atoms with Crippen molar-refractivity contribution >= 4 is 0 Å². The first-order valence-corrected chi connectivity index (χ1v) is 4.51. The van der Waals surface area contributed by atoms with E-state index in [0.29, 0.717) is 0 Å². The molecule has 1 rings (SSSR count). The molecule has 0 aromatic heterocycles. The molecule has 0 spiro atoms. The molecule has 13 heavy (non-hydrogen) atoms. The van der Waals surface area contributed by atoms with Crippen molar-refractivity contribution in [3.63, 3.8) is 0 Å². The van der Waals surface area contributed by atoms with Gasteiger partial charge in [0, 0.05) is 0 Å². The summed E-state index contributed by atoms with van der Waals surface area (Å²) < 4.78 is 0. The summed E-state index contributed by atoms with van der Waals surface area (Å²) in [4.78, 5) is 0. The summed E-state index contributed by atoms with van der Waals surface area (Å²) in [7, 11) is 0. The van der Waals surface area contributed by atoms with Gasteiger partial charge in [0.1, 0.15) is 0 Å². The lowest BCUT2D eigenvalue weighted by Crippen LogP contribution is -2.04. The molecular formula is C12H19N. The van der Waals surface area contributed by atoms with Gasteiger partial charge in [0.2, 0.25) is 0 Å². The molecule has 0 saturated carbocycles. The summed E-state index contributed by atoms with van der Waals surface area (Å²) in [5.41, 5.74) is 9.61. The van der Waals surface area contributed by atoms with Crippen molar-refractivity contribution in [2.75, 3.05) is 6.54 Å². The Balaban J connectivity index is 0.000000671. The number of benzene rings is 1. The Morgan fingerprint density at radius 3 is 2.38 bits per heavy atom. The van der Waals surface area contributed by atoms with Gasteiger partial charge in [-0.05, 0) is 43.5 Å². The van der Waals surface area contributed by atoms with Crippen LogP contribution in [0.25, 0.3) is 0 Å². The van der Waals surface area contributed by atoms with Crippen LogP contribution in [0.15, 0.2) is 31.4 Å². The van der Waals surface area contributed by atoms with Crippen LogP contribution < -0.4 is 5.73 Å². The monoisotopic (exact) mass is 177 g/mol. The topological polar surface area (TPSA) is 26.0 Å². The number of rotatable bonds is 2. The van der Waals surface area contributed by atoms with Crippen LogP contribution in [0.2, 0.25) is 0 Å². The highest BCUT2D eigenvalue weighted by molar-refractivity contribution is 5.33. The largest absolute Gasteiger partial charge is 0.330 e. The van der Waals surface area contributed by atoms with Crippen LogP contribution >= 0.6 is 0 Å². The Kier molecular flexibility index (Phi) is 5.90. The second-order valence-corrected chi connectivity index (χ2v) is 2.90. The fraction of sp³-hybridized carbons (Fsp3) is 0.333. The van der Waals surface area contributed by atoms with Crippen molar-refractivity contribution in [3.8, 4) is 0 Å². The van der Waals surface area contributed by atoms with E-state index in [9.17, 15) is 0 Å². The zero-order valence-electron chi connectivity index (χ0n) is 8.64. The van der Waals surface area contributed by atoms with E-state index in [1.807, 2.05) is 0 Å². The lowest BCUT2D eigenvalue weighted by atomic mass is 10.0. The van der Waals surface area contributed by atoms with Crippen LogP contribution in [0.3, 0.4) is 0 Å². The molecule has 0 aliphatic rings. The van der Waals surface area contributed by atoms with Gasteiger partial charge in [-0.1, -0.05) is 18.2 Å². The molecule has 1 aromatic carbocycles. The van der Waals surface area contributed by atoms with E-state index < -0.39 is 0 Å². The molecule has 0 unspecified atom stereocenters. The molecule has 0 radical (unpaired) electrons. The highest BCUT2D eigenvalue weighted by Gasteiger charge is 1.97. The summed E-state index contributed by atoms with van der Waals surface area (Å²) in [5.74, 6) is 0. The van der Waals surface area contributed by atoms with Gasteiger partial charge in [0.05, 0.1) is 0 Å². The molecule has 0 amide bonds. The summed E-state index contributed by atoms with van der Waals surface area (Å²) in [6.07, 6.45) is 0.994. The van der Waals surface area contributed by atoms with E-state index in [1.165, 1.54) is 16.7 Å². The van der Waals surface area contributed by atoms with Gasteiger partial charge in [-0.2, -0.15) is 0 Å². The fourth-order valence-electron chi connectivity index (χ4n) is 1.24. The predicted octanol–water partition coefficient (Wildman–Crippen LogP) is 2.61. The van der Waals surface area contributed by atoms with Crippen LogP contribution in [-0.2, 0) is 6.42 Å². The standard InChI is InChI=1S/C10H15N.C2H4/c1-8-4-3-5-10(6-7-11)9(8)2;1-2/h3-5H,6-7,11H2,1-2H3;1-2H2. The van der Waals surface area contributed by atoms with Gasteiger partial charge < -0.3 is 5.73 Å². The molecular weight excluding hydrogens is 158 g/mol. The average Bonchev–Trinajstić information content (AvgIpc) is 2.17. The number of aryl methyl sites for hydroxylation is 1. The van der Waals surface area contributed by atoms with E-state index in [-0.39, 0.29) is 0 Å². The minimum absolute atomic E-state index is 0.740. The van der Waals surface area contributed by atoms with Crippen LogP contribution in [0.1, 0.15) is 16.7 Å². The van der Waals surface area contributed by atoms with Gasteiger partial charge in [0.25, 0.3) is 0 Å². The summed E-state index contributed by atoms with van der Waals surface area (Å²) in [5, 5.41) is 0. The summed E-state index contributed by atoms with van der Waals surface area (Å²) in [6.45, 7) is 11.0. The van der Waals surface area contributed by atoms with Crippen molar-refractivity contribution in [3.05, 3.63) is 48.0 Å². The van der Waals surface area contributed by atoms with Crippen molar-refractivity contribution < 1.29 is 0 Å². The first-order chi connectivity index (χ1) is 6.25. The second kappa shape index (κ2) is 6.44. The van der Waals surface area contributed by atoms with E-state index in [2.05, 4.69) is 45.2 Å². The molecule has 1 nitrogen and oxygen atoms in total. The van der Waals surface area contributed by atoms with Crippen LogP contribution in [0.5, 0.6) is 0 Å². The molecule has 0 fully saturated rings. The maximum atomic E-state index is 5.48. The minimum Gasteiger partial charge on any atom is -0.330 e. The van der Waals surface area contributed by atoms with Gasteiger partial charge in [-0.3, -0.25) is 0 Å². The first kappa shape index (κ1) is 11.9. The maximum Gasteiger partial charge on any atom is -0.00366 e. The molecule has 0 bridgehead atoms. The Morgan fingerprint density at radius 2 is 1.85 bits per heavy atom. The Hall–Kier alpha value is -1.08. The van der Waals surface area contributed by atoms with Crippen LogP contribution in [0, 0.1) is 13.8 Å². The van der Waals surface area contributed by atoms with Crippen LogP contribution in [-0.4, -0.2) is 6.54 Å². The summed E-state index contributed by atoms with van der Waals surface area (Å²) in [6, 6.07) is 6.37. The van der Waals surface area contributed by atoms with Gasteiger partial charge in [-0.25, -0.2) is 0 Å². The molecule has 0 aliphatic heterocycles. The SMILES string of the molecule is C=C.Cc1cccc(CCN)c1C. The van der Waals surface area contributed by atoms with E-state index in [1.54, 1.807) is 0 Å². The molecule has 2 N–H and O–H groups in total. The van der Waals surface area contributed by atoms with Crippen molar-refractivity contribution in [1.82, 2.24) is 0 Å². The van der Waals surface area contributed by atoms with E-state index in [0.717, 1.165) is 13.0 Å².